The van der Waals surface area contributed by atoms with Gasteiger partial charge >= 0.3 is 0 Å². The van der Waals surface area contributed by atoms with Crippen molar-refractivity contribution in [1.82, 2.24) is 14.9 Å². The van der Waals surface area contributed by atoms with Gasteiger partial charge in [-0.2, -0.15) is 5.26 Å². The normalized spacial score (nSPS) is 14.0. The first kappa shape index (κ1) is 19.1. The number of carbonyl (C=O) groups is 1. The lowest BCUT2D eigenvalue weighted by Crippen LogP contribution is -2.49. The van der Waals surface area contributed by atoms with Gasteiger partial charge in [0, 0.05) is 48.4 Å². The molecule has 1 saturated heterocycles. The molecule has 7 heteroatoms. The van der Waals surface area contributed by atoms with Crippen molar-refractivity contribution < 1.29 is 4.79 Å². The average Bonchev–Trinajstić information content (AvgIpc) is 3.12. The number of hydrogen-bond acceptors (Lipinski definition) is 6. The van der Waals surface area contributed by atoms with E-state index in [1.807, 2.05) is 24.1 Å². The van der Waals surface area contributed by atoms with E-state index in [1.54, 1.807) is 35.6 Å². The van der Waals surface area contributed by atoms with Crippen molar-refractivity contribution >= 4 is 23.1 Å². The number of thiazole rings is 1. The number of piperazine rings is 1. The molecule has 4 rings (SSSR count). The minimum absolute atomic E-state index is 0.0282. The third-order valence-electron chi connectivity index (χ3n) is 5.15. The Morgan fingerprint density at radius 1 is 1.14 bits per heavy atom. The highest BCUT2D eigenvalue weighted by molar-refractivity contribution is 7.15. The number of aromatic nitrogens is 2. The Hall–Kier alpha value is -3.24. The predicted molar refractivity (Wildman–Crippen MR) is 114 cm³/mol. The Bertz CT molecular complexity index is 1060. The lowest BCUT2D eigenvalue weighted by molar-refractivity contribution is 0.0746. The molecule has 3 heterocycles. The average molecular weight is 404 g/mol. The maximum atomic E-state index is 12.7. The van der Waals surface area contributed by atoms with Crippen LogP contribution < -0.4 is 4.90 Å². The number of pyridine rings is 1. The number of rotatable bonds is 3. The van der Waals surface area contributed by atoms with Crippen molar-refractivity contribution in [2.24, 2.45) is 0 Å². The van der Waals surface area contributed by atoms with Gasteiger partial charge in [0.25, 0.3) is 5.91 Å². The Labute approximate surface area is 174 Å². The molecule has 0 aliphatic carbocycles. The minimum Gasteiger partial charge on any atom is -0.353 e. The van der Waals surface area contributed by atoms with E-state index in [4.69, 9.17) is 5.26 Å². The van der Waals surface area contributed by atoms with Gasteiger partial charge in [0.15, 0.2) is 0 Å². The van der Waals surface area contributed by atoms with Gasteiger partial charge in [0.1, 0.15) is 10.8 Å². The van der Waals surface area contributed by atoms with Crippen LogP contribution in [0.4, 0.5) is 5.82 Å². The van der Waals surface area contributed by atoms with E-state index in [9.17, 15) is 4.79 Å². The lowest BCUT2D eigenvalue weighted by Gasteiger charge is -2.35. The summed E-state index contributed by atoms with van der Waals surface area (Å²) in [6.45, 7) is 6.81. The SMILES string of the molecule is Cc1nc(-c2ccc(N3CCN(C(=O)c4cccc(C#N)c4)CC3)nc2)sc1C. The molecule has 0 atom stereocenters. The number of nitrogens with zero attached hydrogens (tertiary/aromatic N) is 5. The van der Waals surface area contributed by atoms with Crippen LogP contribution in [-0.4, -0.2) is 47.0 Å². The maximum Gasteiger partial charge on any atom is 0.254 e. The monoisotopic (exact) mass is 403 g/mol. The first-order chi connectivity index (χ1) is 14.0. The number of amides is 1. The molecule has 29 heavy (non-hydrogen) atoms. The first-order valence-electron chi connectivity index (χ1n) is 9.50. The van der Waals surface area contributed by atoms with Gasteiger partial charge in [-0.3, -0.25) is 4.79 Å². The van der Waals surface area contributed by atoms with Crippen molar-refractivity contribution in [2.45, 2.75) is 13.8 Å². The van der Waals surface area contributed by atoms with Gasteiger partial charge in [-0.05, 0) is 44.2 Å². The molecule has 0 N–H and O–H groups in total. The zero-order chi connectivity index (χ0) is 20.4. The van der Waals surface area contributed by atoms with Crippen LogP contribution in [0.15, 0.2) is 42.6 Å². The van der Waals surface area contributed by atoms with Crippen LogP contribution >= 0.6 is 11.3 Å². The van der Waals surface area contributed by atoms with E-state index in [0.717, 1.165) is 35.2 Å². The fraction of sp³-hybridized carbons (Fsp3) is 0.273. The zero-order valence-electron chi connectivity index (χ0n) is 16.4. The molecule has 1 fully saturated rings. The molecule has 0 bridgehead atoms. The van der Waals surface area contributed by atoms with E-state index in [1.165, 1.54) is 4.88 Å². The molecular formula is C22H21N5OS. The smallest absolute Gasteiger partial charge is 0.254 e. The molecule has 3 aromatic rings. The Morgan fingerprint density at radius 2 is 1.93 bits per heavy atom. The fourth-order valence-corrected chi connectivity index (χ4v) is 4.24. The van der Waals surface area contributed by atoms with Crippen LogP contribution in [0, 0.1) is 25.2 Å². The van der Waals surface area contributed by atoms with Gasteiger partial charge in [-0.15, -0.1) is 11.3 Å². The summed E-state index contributed by atoms with van der Waals surface area (Å²) in [5.74, 6) is 0.886. The summed E-state index contributed by atoms with van der Waals surface area (Å²) in [7, 11) is 0. The van der Waals surface area contributed by atoms with E-state index < -0.39 is 0 Å². The van der Waals surface area contributed by atoms with Crippen molar-refractivity contribution in [2.75, 3.05) is 31.1 Å². The van der Waals surface area contributed by atoms with Crippen LogP contribution in [0.2, 0.25) is 0 Å². The van der Waals surface area contributed by atoms with E-state index in [-0.39, 0.29) is 5.91 Å². The molecule has 146 valence electrons. The topological polar surface area (TPSA) is 73.1 Å². The summed E-state index contributed by atoms with van der Waals surface area (Å²) in [5.41, 5.74) is 3.16. The van der Waals surface area contributed by atoms with Crippen LogP contribution in [0.25, 0.3) is 10.6 Å². The van der Waals surface area contributed by atoms with Crippen LogP contribution in [0.1, 0.15) is 26.5 Å². The summed E-state index contributed by atoms with van der Waals surface area (Å²) in [6.07, 6.45) is 1.87. The predicted octanol–water partition coefficient (Wildman–Crippen LogP) is 3.66. The van der Waals surface area contributed by atoms with Crippen molar-refractivity contribution in [3.63, 3.8) is 0 Å². The molecule has 0 saturated carbocycles. The molecular weight excluding hydrogens is 382 g/mol. The van der Waals surface area contributed by atoms with Crippen LogP contribution in [-0.2, 0) is 0 Å². The maximum absolute atomic E-state index is 12.7. The highest BCUT2D eigenvalue weighted by atomic mass is 32.1. The van der Waals surface area contributed by atoms with Gasteiger partial charge in [-0.25, -0.2) is 9.97 Å². The molecule has 1 aliphatic heterocycles. The summed E-state index contributed by atoms with van der Waals surface area (Å²) < 4.78 is 0. The van der Waals surface area contributed by atoms with E-state index in [2.05, 4.69) is 33.9 Å². The summed E-state index contributed by atoms with van der Waals surface area (Å²) >= 11 is 1.68. The van der Waals surface area contributed by atoms with Crippen molar-refractivity contribution in [3.8, 4) is 16.6 Å². The van der Waals surface area contributed by atoms with Crippen molar-refractivity contribution in [1.29, 1.82) is 5.26 Å². The van der Waals surface area contributed by atoms with Crippen LogP contribution in [0.5, 0.6) is 0 Å². The highest BCUT2D eigenvalue weighted by Gasteiger charge is 2.23. The third kappa shape index (κ3) is 3.98. The Morgan fingerprint density at radius 3 is 2.55 bits per heavy atom. The van der Waals surface area contributed by atoms with Crippen LogP contribution in [0.3, 0.4) is 0 Å². The Kier molecular flexibility index (Phi) is 5.28. The lowest BCUT2D eigenvalue weighted by atomic mass is 10.1. The minimum atomic E-state index is -0.0282. The van der Waals surface area contributed by atoms with E-state index in [0.29, 0.717) is 24.2 Å². The summed E-state index contributed by atoms with van der Waals surface area (Å²) in [5, 5.41) is 10.0. The molecule has 1 aliphatic rings. The molecule has 1 amide bonds. The standard InChI is InChI=1S/C22H21N5OS/c1-15-16(2)29-21(25-15)19-6-7-20(24-14-19)26-8-10-27(11-9-26)22(28)18-5-3-4-17(12-18)13-23/h3-7,12,14H,8-11H2,1-2H3. The van der Waals surface area contributed by atoms with Gasteiger partial charge < -0.3 is 9.80 Å². The fourth-order valence-electron chi connectivity index (χ4n) is 3.34. The second-order valence-electron chi connectivity index (χ2n) is 7.04. The molecule has 0 spiro atoms. The number of aryl methyl sites for hydroxylation is 2. The second-order valence-corrected chi connectivity index (χ2v) is 8.24. The number of carbonyl (C=O) groups excluding carboxylic acids is 1. The second kappa shape index (κ2) is 8.02. The molecule has 2 aromatic heterocycles. The summed E-state index contributed by atoms with van der Waals surface area (Å²) in [6, 6.07) is 13.0. The number of benzene rings is 1. The number of anilines is 1. The number of nitriles is 1. The van der Waals surface area contributed by atoms with Gasteiger partial charge in [0.05, 0.1) is 17.3 Å². The van der Waals surface area contributed by atoms with E-state index >= 15 is 0 Å². The highest BCUT2D eigenvalue weighted by Crippen LogP contribution is 2.28. The third-order valence-corrected chi connectivity index (χ3v) is 6.27. The Balaban J connectivity index is 1.40. The molecule has 0 radical (unpaired) electrons. The zero-order valence-corrected chi connectivity index (χ0v) is 17.2. The quantitative estimate of drug-likeness (QED) is 0.667. The number of hydrogen-bond donors (Lipinski definition) is 0. The summed E-state index contributed by atoms with van der Waals surface area (Å²) in [4.78, 5) is 27.2. The largest absolute Gasteiger partial charge is 0.353 e. The van der Waals surface area contributed by atoms with Gasteiger partial charge in [-0.1, -0.05) is 6.07 Å². The molecule has 0 unspecified atom stereocenters. The molecule has 1 aromatic carbocycles. The van der Waals surface area contributed by atoms with Crippen molar-refractivity contribution in [3.05, 3.63) is 64.3 Å². The van der Waals surface area contributed by atoms with Gasteiger partial charge in [0.2, 0.25) is 0 Å². The first-order valence-corrected chi connectivity index (χ1v) is 10.3. The molecule has 6 nitrogen and oxygen atoms in total.